The third-order valence-electron chi connectivity index (χ3n) is 3.12. The highest BCUT2D eigenvalue weighted by molar-refractivity contribution is 5.75. The molecule has 1 N–H and O–H groups in total. The van der Waals surface area contributed by atoms with Crippen LogP contribution in [0.4, 0.5) is 0 Å². The molecule has 0 radical (unpaired) electrons. The fourth-order valence-corrected chi connectivity index (χ4v) is 2.32. The van der Waals surface area contributed by atoms with Gasteiger partial charge in [0.25, 0.3) is 0 Å². The van der Waals surface area contributed by atoms with Gasteiger partial charge in [-0.05, 0) is 11.6 Å². The van der Waals surface area contributed by atoms with Gasteiger partial charge in [0.2, 0.25) is 0 Å². The molecule has 1 atom stereocenters. The molecule has 0 saturated heterocycles. The van der Waals surface area contributed by atoms with E-state index in [1.54, 1.807) is 0 Å². The lowest BCUT2D eigenvalue weighted by atomic mass is 9.93. The summed E-state index contributed by atoms with van der Waals surface area (Å²) in [5, 5.41) is 11.3. The molecule has 1 unspecified atom stereocenters. The Bertz CT molecular complexity index is 616. The van der Waals surface area contributed by atoms with Gasteiger partial charge in [-0.15, -0.1) is 0 Å². The van der Waals surface area contributed by atoms with Crippen LogP contribution in [0, 0.1) is 11.5 Å². The second-order valence-electron chi connectivity index (χ2n) is 4.18. The van der Waals surface area contributed by atoms with E-state index >= 15 is 0 Å². The lowest BCUT2D eigenvalue weighted by Crippen LogP contribution is -2.24. The zero-order valence-corrected chi connectivity index (χ0v) is 9.76. The molecule has 0 fully saturated rings. The third-order valence-corrected chi connectivity index (χ3v) is 3.12. The molecular weight excluding hydrogens is 224 g/mol. The van der Waals surface area contributed by atoms with Crippen molar-refractivity contribution in [2.45, 2.75) is 6.10 Å². The smallest absolute Gasteiger partial charge is 0.176 e. The Morgan fingerprint density at radius 2 is 1.78 bits per heavy atom. The molecule has 88 valence electrons. The van der Waals surface area contributed by atoms with Gasteiger partial charge in [-0.25, -0.2) is 0 Å². The first kappa shape index (κ1) is 10.7. The number of fused-ring (bicyclic) bond motifs is 3. The van der Waals surface area contributed by atoms with E-state index in [-0.39, 0.29) is 6.10 Å². The van der Waals surface area contributed by atoms with Crippen molar-refractivity contribution in [3.63, 3.8) is 0 Å². The fraction of sp³-hybridized carbons (Fsp3) is 0.133. The first-order valence-electron chi connectivity index (χ1n) is 5.87. The first-order chi connectivity index (χ1) is 8.90. The van der Waals surface area contributed by atoms with Crippen molar-refractivity contribution in [3.8, 4) is 23.1 Å². The van der Waals surface area contributed by atoms with Crippen molar-refractivity contribution in [3.05, 3.63) is 54.1 Å². The molecule has 18 heavy (non-hydrogen) atoms. The largest absolute Gasteiger partial charge is 0.483 e. The van der Waals surface area contributed by atoms with Crippen LogP contribution in [0.5, 0.6) is 5.75 Å². The second-order valence-corrected chi connectivity index (χ2v) is 4.18. The van der Waals surface area contributed by atoms with E-state index in [4.69, 9.17) is 10.00 Å². The van der Waals surface area contributed by atoms with Crippen LogP contribution in [-0.4, -0.2) is 6.54 Å². The minimum Gasteiger partial charge on any atom is -0.483 e. The average molecular weight is 236 g/mol. The quantitative estimate of drug-likeness (QED) is 0.644. The SMILES string of the molecule is N#CNCC1Oc2ccccc2-c2ccccc21. The molecule has 0 saturated carbocycles. The topological polar surface area (TPSA) is 45.0 Å². The summed E-state index contributed by atoms with van der Waals surface area (Å²) >= 11 is 0. The van der Waals surface area contributed by atoms with E-state index in [2.05, 4.69) is 23.5 Å². The maximum Gasteiger partial charge on any atom is 0.176 e. The molecule has 2 aromatic carbocycles. The Labute approximate surface area is 106 Å². The monoisotopic (exact) mass is 236 g/mol. The van der Waals surface area contributed by atoms with Crippen LogP contribution in [0.2, 0.25) is 0 Å². The summed E-state index contributed by atoms with van der Waals surface area (Å²) in [6, 6.07) is 16.2. The molecule has 2 aromatic rings. The van der Waals surface area contributed by atoms with Crippen molar-refractivity contribution in [2.24, 2.45) is 0 Å². The lowest BCUT2D eigenvalue weighted by Gasteiger charge is -2.28. The molecule has 1 aliphatic rings. The molecule has 0 amide bonds. The Kier molecular flexibility index (Phi) is 2.62. The zero-order chi connectivity index (χ0) is 12.4. The van der Waals surface area contributed by atoms with Gasteiger partial charge in [0.05, 0.1) is 6.54 Å². The Balaban J connectivity index is 2.09. The summed E-state index contributed by atoms with van der Waals surface area (Å²) in [4.78, 5) is 0. The minimum absolute atomic E-state index is 0.115. The summed E-state index contributed by atoms with van der Waals surface area (Å²) in [5.41, 5.74) is 3.42. The molecule has 0 bridgehead atoms. The highest BCUT2D eigenvalue weighted by Crippen LogP contribution is 2.41. The van der Waals surface area contributed by atoms with Crippen molar-refractivity contribution >= 4 is 0 Å². The third kappa shape index (κ3) is 1.68. The number of hydrogen-bond acceptors (Lipinski definition) is 3. The molecule has 0 aliphatic carbocycles. The van der Waals surface area contributed by atoms with Crippen LogP contribution >= 0.6 is 0 Å². The minimum atomic E-state index is -0.115. The summed E-state index contributed by atoms with van der Waals surface area (Å²) in [7, 11) is 0. The van der Waals surface area contributed by atoms with Crippen LogP contribution in [0.25, 0.3) is 11.1 Å². The summed E-state index contributed by atoms with van der Waals surface area (Å²) in [6.07, 6.45) is 1.82. The standard InChI is InChI=1S/C15H12N2O/c16-10-17-9-15-13-7-2-1-5-11(13)12-6-3-4-8-14(12)18-15/h1-8,15,17H,9H2. The van der Waals surface area contributed by atoms with Crippen LogP contribution < -0.4 is 10.1 Å². The lowest BCUT2D eigenvalue weighted by molar-refractivity contribution is 0.204. The maximum atomic E-state index is 8.62. The molecule has 1 aliphatic heterocycles. The summed E-state index contributed by atoms with van der Waals surface area (Å²) in [6.45, 7) is 0.488. The zero-order valence-electron chi connectivity index (χ0n) is 9.76. The van der Waals surface area contributed by atoms with E-state index in [1.165, 1.54) is 5.56 Å². The summed E-state index contributed by atoms with van der Waals surface area (Å²) < 4.78 is 5.95. The van der Waals surface area contributed by atoms with Gasteiger partial charge in [0.15, 0.2) is 6.19 Å². The van der Waals surface area contributed by atoms with Crippen molar-refractivity contribution < 1.29 is 4.74 Å². The number of hydrogen-bond donors (Lipinski definition) is 1. The number of rotatable bonds is 2. The number of para-hydroxylation sites is 1. The molecular formula is C15H12N2O. The van der Waals surface area contributed by atoms with Gasteiger partial charge in [0, 0.05) is 11.1 Å². The van der Waals surface area contributed by atoms with Crippen molar-refractivity contribution in [1.82, 2.24) is 5.32 Å². The van der Waals surface area contributed by atoms with Crippen LogP contribution in [0.3, 0.4) is 0 Å². The molecule has 1 heterocycles. The van der Waals surface area contributed by atoms with Gasteiger partial charge in [-0.3, -0.25) is 0 Å². The second kappa shape index (κ2) is 4.42. The number of ether oxygens (including phenoxy) is 1. The average Bonchev–Trinajstić information content (AvgIpc) is 2.45. The predicted molar refractivity (Wildman–Crippen MR) is 68.9 cm³/mol. The summed E-state index contributed by atoms with van der Waals surface area (Å²) in [5.74, 6) is 0.876. The number of benzene rings is 2. The Morgan fingerprint density at radius 3 is 2.61 bits per heavy atom. The number of nitrogens with one attached hydrogen (secondary N) is 1. The molecule has 3 heteroatoms. The molecule has 3 rings (SSSR count). The molecule has 0 spiro atoms. The first-order valence-corrected chi connectivity index (χ1v) is 5.87. The van der Waals surface area contributed by atoms with E-state index in [1.807, 2.05) is 36.5 Å². The predicted octanol–water partition coefficient (Wildman–Crippen LogP) is 2.86. The van der Waals surface area contributed by atoms with Gasteiger partial charge in [0.1, 0.15) is 11.9 Å². The van der Waals surface area contributed by atoms with Crippen LogP contribution in [0.1, 0.15) is 11.7 Å². The van der Waals surface area contributed by atoms with Crippen molar-refractivity contribution in [1.29, 1.82) is 5.26 Å². The highest BCUT2D eigenvalue weighted by Gasteiger charge is 2.24. The maximum absolute atomic E-state index is 8.62. The van der Waals surface area contributed by atoms with E-state index < -0.39 is 0 Å². The van der Waals surface area contributed by atoms with E-state index in [9.17, 15) is 0 Å². The molecule has 3 nitrogen and oxygen atoms in total. The fourth-order valence-electron chi connectivity index (χ4n) is 2.32. The van der Waals surface area contributed by atoms with Gasteiger partial charge in [-0.1, -0.05) is 42.5 Å². The van der Waals surface area contributed by atoms with Crippen LogP contribution in [0.15, 0.2) is 48.5 Å². The van der Waals surface area contributed by atoms with Gasteiger partial charge < -0.3 is 10.1 Å². The Morgan fingerprint density at radius 1 is 1.06 bits per heavy atom. The normalized spacial score (nSPS) is 15.8. The highest BCUT2D eigenvalue weighted by atomic mass is 16.5. The number of nitriles is 1. The van der Waals surface area contributed by atoms with E-state index in [0.717, 1.165) is 16.9 Å². The van der Waals surface area contributed by atoms with E-state index in [0.29, 0.717) is 6.54 Å². The van der Waals surface area contributed by atoms with Gasteiger partial charge in [-0.2, -0.15) is 5.26 Å². The van der Waals surface area contributed by atoms with Crippen LogP contribution in [-0.2, 0) is 0 Å². The Hall–Kier alpha value is -2.47. The van der Waals surface area contributed by atoms with Gasteiger partial charge >= 0.3 is 0 Å². The van der Waals surface area contributed by atoms with Crippen molar-refractivity contribution in [2.75, 3.05) is 6.54 Å². The molecule has 0 aromatic heterocycles. The number of nitrogens with zero attached hydrogens (tertiary/aromatic N) is 1.